The first-order valence-corrected chi connectivity index (χ1v) is 14.2. The van der Waals surface area contributed by atoms with Crippen LogP contribution in [0.3, 0.4) is 0 Å². The molecule has 2 aromatic carbocycles. The van der Waals surface area contributed by atoms with Gasteiger partial charge in [0.15, 0.2) is 16.3 Å². The molecule has 1 aliphatic heterocycles. The van der Waals surface area contributed by atoms with Crippen molar-refractivity contribution in [1.29, 1.82) is 0 Å². The lowest BCUT2D eigenvalue weighted by molar-refractivity contribution is -0.139. The van der Waals surface area contributed by atoms with Crippen LogP contribution in [0.2, 0.25) is 0 Å². The van der Waals surface area contributed by atoms with Crippen LogP contribution < -0.4 is 29.1 Å². The molecule has 200 valence electrons. The molecule has 0 amide bonds. The summed E-state index contributed by atoms with van der Waals surface area (Å²) in [5.74, 6) is 1.25. The van der Waals surface area contributed by atoms with Crippen LogP contribution in [-0.2, 0) is 9.53 Å². The van der Waals surface area contributed by atoms with E-state index in [1.54, 1.807) is 50.8 Å². The number of aromatic nitrogens is 1. The predicted molar refractivity (Wildman–Crippen MR) is 153 cm³/mol. The van der Waals surface area contributed by atoms with Crippen molar-refractivity contribution in [3.05, 3.63) is 81.4 Å². The van der Waals surface area contributed by atoms with Gasteiger partial charge in [0.05, 0.1) is 58.2 Å². The first-order valence-electron chi connectivity index (χ1n) is 11.8. The number of nitrogens with zero attached hydrogens (tertiary/aromatic N) is 2. The second-order valence-corrected chi connectivity index (χ2v) is 10.9. The first-order chi connectivity index (χ1) is 18.2. The van der Waals surface area contributed by atoms with Gasteiger partial charge in [-0.25, -0.2) is 9.79 Å². The van der Waals surface area contributed by atoms with Gasteiger partial charge in [0.2, 0.25) is 0 Å². The summed E-state index contributed by atoms with van der Waals surface area (Å²) in [5.41, 5.74) is 2.00. The second-order valence-electron chi connectivity index (χ2n) is 8.16. The largest absolute Gasteiger partial charge is 0.496 e. The number of benzene rings is 2. The molecule has 0 bridgehead atoms. The molecule has 0 saturated carbocycles. The number of fused-ring (bicyclic) bond motifs is 1. The highest BCUT2D eigenvalue weighted by molar-refractivity contribution is 9.11. The number of thiazole rings is 1. The molecule has 0 unspecified atom stereocenters. The number of ether oxygens (including phenoxy) is 4. The van der Waals surface area contributed by atoms with E-state index in [0.29, 0.717) is 59.0 Å². The Labute approximate surface area is 240 Å². The third kappa shape index (κ3) is 5.32. The Balaban J connectivity index is 1.94. The van der Waals surface area contributed by atoms with Crippen molar-refractivity contribution in [3.63, 3.8) is 0 Å². The molecule has 1 aromatic heterocycles. The summed E-state index contributed by atoms with van der Waals surface area (Å²) in [7, 11) is 3.14. The van der Waals surface area contributed by atoms with Gasteiger partial charge in [-0.15, -0.1) is 0 Å². The van der Waals surface area contributed by atoms with E-state index in [-0.39, 0.29) is 12.2 Å². The Kier molecular flexibility index (Phi) is 8.79. The molecule has 0 N–H and O–H groups in total. The SMILES string of the molecule is CCOC(=O)C1=C(C)N=c2s/c(=C/c3cc(Br)c(OCC)c(OC)c3)c(=O)n2[C@H]1c1ccc(OC)c(Br)c1. The van der Waals surface area contributed by atoms with Crippen molar-refractivity contribution >= 4 is 55.2 Å². The minimum Gasteiger partial charge on any atom is -0.496 e. The van der Waals surface area contributed by atoms with Crippen molar-refractivity contribution in [2.45, 2.75) is 26.8 Å². The van der Waals surface area contributed by atoms with Gasteiger partial charge >= 0.3 is 5.97 Å². The molecule has 38 heavy (non-hydrogen) atoms. The van der Waals surface area contributed by atoms with Gasteiger partial charge in [-0.05, 0) is 94.1 Å². The van der Waals surface area contributed by atoms with Crippen LogP contribution in [0.4, 0.5) is 0 Å². The smallest absolute Gasteiger partial charge is 0.338 e. The fraction of sp³-hybridized carbons (Fsp3) is 0.296. The molecular weight excluding hydrogens is 640 g/mol. The molecule has 8 nitrogen and oxygen atoms in total. The molecule has 2 heterocycles. The van der Waals surface area contributed by atoms with Crippen molar-refractivity contribution < 1.29 is 23.7 Å². The number of methoxy groups -OCH3 is 2. The van der Waals surface area contributed by atoms with E-state index in [0.717, 1.165) is 5.56 Å². The fourth-order valence-electron chi connectivity index (χ4n) is 4.22. The molecule has 0 aliphatic carbocycles. The maximum absolute atomic E-state index is 13.9. The lowest BCUT2D eigenvalue weighted by Gasteiger charge is -2.25. The Morgan fingerprint density at radius 1 is 1.08 bits per heavy atom. The number of allylic oxidation sites excluding steroid dienone is 1. The fourth-order valence-corrected chi connectivity index (χ4v) is 6.40. The number of hydrogen-bond acceptors (Lipinski definition) is 8. The van der Waals surface area contributed by atoms with E-state index < -0.39 is 12.0 Å². The average molecular weight is 666 g/mol. The van der Waals surface area contributed by atoms with Crippen LogP contribution in [-0.4, -0.2) is 38.0 Å². The molecule has 4 rings (SSSR count). The van der Waals surface area contributed by atoms with Crippen molar-refractivity contribution in [1.82, 2.24) is 4.57 Å². The van der Waals surface area contributed by atoms with Gasteiger partial charge in [0, 0.05) is 0 Å². The average Bonchev–Trinajstić information content (AvgIpc) is 3.18. The van der Waals surface area contributed by atoms with Crippen molar-refractivity contribution in [2.24, 2.45) is 4.99 Å². The minimum absolute atomic E-state index is 0.202. The highest BCUT2D eigenvalue weighted by Gasteiger charge is 2.33. The standard InChI is InChI=1S/C27H26Br2N2O6S/c1-6-36-24-18(29)10-15(11-20(24)35-5)12-21-25(32)31-23(16-8-9-19(34-4)17(28)13-16)22(26(33)37-7-2)14(3)30-27(31)38-21/h8-13,23H,6-7H2,1-5H3/b21-12+/t23-/m0/s1. The zero-order valence-electron chi connectivity index (χ0n) is 21.5. The van der Waals surface area contributed by atoms with E-state index in [1.807, 2.05) is 25.1 Å². The third-order valence-electron chi connectivity index (χ3n) is 5.85. The highest BCUT2D eigenvalue weighted by Crippen LogP contribution is 2.37. The minimum atomic E-state index is -0.726. The molecule has 0 fully saturated rings. The van der Waals surface area contributed by atoms with E-state index >= 15 is 0 Å². The van der Waals surface area contributed by atoms with Gasteiger partial charge in [-0.1, -0.05) is 17.4 Å². The van der Waals surface area contributed by atoms with E-state index in [9.17, 15) is 9.59 Å². The summed E-state index contributed by atoms with van der Waals surface area (Å²) in [6.45, 7) is 6.07. The number of hydrogen-bond donors (Lipinski definition) is 0. The van der Waals surface area contributed by atoms with Gasteiger partial charge in [0.25, 0.3) is 5.56 Å². The van der Waals surface area contributed by atoms with E-state index in [4.69, 9.17) is 18.9 Å². The van der Waals surface area contributed by atoms with Gasteiger partial charge in [-0.3, -0.25) is 9.36 Å². The van der Waals surface area contributed by atoms with Gasteiger partial charge in [-0.2, -0.15) is 0 Å². The van der Waals surface area contributed by atoms with Gasteiger partial charge in [0.1, 0.15) is 5.75 Å². The lowest BCUT2D eigenvalue weighted by atomic mass is 9.96. The van der Waals surface area contributed by atoms with Crippen LogP contribution in [0.5, 0.6) is 17.2 Å². The van der Waals surface area contributed by atoms with Crippen molar-refractivity contribution in [3.8, 4) is 17.2 Å². The van der Waals surface area contributed by atoms with Crippen LogP contribution in [0.15, 0.2) is 60.3 Å². The van der Waals surface area contributed by atoms with E-state index in [2.05, 4.69) is 36.9 Å². The van der Waals surface area contributed by atoms with E-state index in [1.165, 1.54) is 11.3 Å². The molecule has 0 spiro atoms. The first kappa shape index (κ1) is 28.1. The monoisotopic (exact) mass is 664 g/mol. The maximum Gasteiger partial charge on any atom is 0.338 e. The van der Waals surface area contributed by atoms with Crippen molar-refractivity contribution in [2.75, 3.05) is 27.4 Å². The summed E-state index contributed by atoms with van der Waals surface area (Å²) >= 11 is 8.31. The summed E-state index contributed by atoms with van der Waals surface area (Å²) < 4.78 is 25.3. The number of carbonyl (C=O) groups is 1. The van der Waals surface area contributed by atoms with Crippen LogP contribution in [0.1, 0.15) is 37.9 Å². The number of esters is 1. The Bertz CT molecular complexity index is 1610. The quantitative estimate of drug-likeness (QED) is 0.323. The van der Waals surface area contributed by atoms with Crippen LogP contribution in [0.25, 0.3) is 6.08 Å². The maximum atomic E-state index is 13.9. The summed E-state index contributed by atoms with van der Waals surface area (Å²) in [6.07, 6.45) is 1.78. The number of rotatable bonds is 8. The summed E-state index contributed by atoms with van der Waals surface area (Å²) in [4.78, 5) is 32.1. The second kappa shape index (κ2) is 11.9. The van der Waals surface area contributed by atoms with Crippen LogP contribution >= 0.6 is 43.2 Å². The summed E-state index contributed by atoms with van der Waals surface area (Å²) in [6, 6.07) is 8.40. The zero-order chi connectivity index (χ0) is 27.6. The predicted octanol–water partition coefficient (Wildman–Crippen LogP) is 4.74. The third-order valence-corrected chi connectivity index (χ3v) is 8.04. The molecule has 11 heteroatoms. The molecule has 1 aliphatic rings. The van der Waals surface area contributed by atoms with Gasteiger partial charge < -0.3 is 18.9 Å². The number of carbonyl (C=O) groups excluding carboxylic acids is 1. The molecular formula is C27H26Br2N2O6S. The summed E-state index contributed by atoms with van der Waals surface area (Å²) in [5, 5.41) is 0. The highest BCUT2D eigenvalue weighted by atomic mass is 79.9. The topological polar surface area (TPSA) is 88.4 Å². The normalized spacial score (nSPS) is 15.1. The molecule has 0 saturated heterocycles. The zero-order valence-corrected chi connectivity index (χ0v) is 25.5. The van der Waals surface area contributed by atoms with Crippen LogP contribution in [0, 0.1) is 0 Å². The molecule has 0 radical (unpaired) electrons. The molecule has 1 atom stereocenters. The Morgan fingerprint density at radius 2 is 1.82 bits per heavy atom. The molecule has 3 aromatic rings. The Hall–Kier alpha value is -2.89. The Morgan fingerprint density at radius 3 is 2.45 bits per heavy atom. The number of halogens is 2. The lowest BCUT2D eigenvalue weighted by Crippen LogP contribution is -2.40.